The van der Waals surface area contributed by atoms with Crippen molar-refractivity contribution in [1.82, 2.24) is 4.90 Å². The Morgan fingerprint density at radius 3 is 2.62 bits per heavy atom. The van der Waals surface area contributed by atoms with E-state index in [-0.39, 0.29) is 5.41 Å². The maximum atomic E-state index is 6.16. The van der Waals surface area contributed by atoms with E-state index in [1.807, 2.05) is 18.2 Å². The van der Waals surface area contributed by atoms with E-state index < -0.39 is 0 Å². The van der Waals surface area contributed by atoms with Crippen LogP contribution in [-0.2, 0) is 4.84 Å². The number of allylic oxidation sites excluding steroid dienone is 3. The van der Waals surface area contributed by atoms with Gasteiger partial charge in [0.05, 0.1) is 15.8 Å². The average molecular weight is 395 g/mol. The summed E-state index contributed by atoms with van der Waals surface area (Å²) >= 11 is 12.2. The van der Waals surface area contributed by atoms with Crippen LogP contribution in [0.2, 0.25) is 10.0 Å². The molecule has 0 atom stereocenters. The summed E-state index contributed by atoms with van der Waals surface area (Å²) in [6, 6.07) is 5.62. The highest BCUT2D eigenvalue weighted by Crippen LogP contribution is 2.40. The van der Waals surface area contributed by atoms with E-state index in [4.69, 9.17) is 28.0 Å². The lowest BCUT2D eigenvalue weighted by atomic mass is 9.74. The highest BCUT2D eigenvalue weighted by Gasteiger charge is 2.28. The van der Waals surface area contributed by atoms with Crippen LogP contribution >= 0.6 is 23.2 Å². The monoisotopic (exact) mass is 394 g/mol. The van der Waals surface area contributed by atoms with Crippen molar-refractivity contribution >= 4 is 34.5 Å². The van der Waals surface area contributed by atoms with Crippen LogP contribution in [0.3, 0.4) is 0 Å². The van der Waals surface area contributed by atoms with Crippen LogP contribution < -0.4 is 0 Å². The van der Waals surface area contributed by atoms with Crippen LogP contribution in [0.25, 0.3) is 5.57 Å². The third-order valence-corrected chi connectivity index (χ3v) is 5.09. The molecule has 0 amide bonds. The molecule has 3 nitrogen and oxygen atoms in total. The fraction of sp³-hybridized carbons (Fsp3) is 0.476. The summed E-state index contributed by atoms with van der Waals surface area (Å²) in [5.41, 5.74) is 4.17. The molecule has 1 aliphatic rings. The Morgan fingerprint density at radius 2 is 1.96 bits per heavy atom. The van der Waals surface area contributed by atoms with Gasteiger partial charge in [0.1, 0.15) is 6.61 Å². The van der Waals surface area contributed by atoms with Gasteiger partial charge in [0.15, 0.2) is 0 Å². The van der Waals surface area contributed by atoms with Gasteiger partial charge in [-0.05, 0) is 73.7 Å². The van der Waals surface area contributed by atoms with Crippen molar-refractivity contribution in [2.75, 3.05) is 27.2 Å². The minimum atomic E-state index is 0.106. The molecule has 2 rings (SSSR count). The first-order valence-electron chi connectivity index (χ1n) is 8.87. The maximum Gasteiger partial charge on any atom is 0.118 e. The number of hydrogen-bond acceptors (Lipinski definition) is 3. The van der Waals surface area contributed by atoms with Crippen molar-refractivity contribution in [2.45, 2.75) is 33.1 Å². The predicted molar refractivity (Wildman–Crippen MR) is 113 cm³/mol. The van der Waals surface area contributed by atoms with Gasteiger partial charge in [-0.25, -0.2) is 0 Å². The van der Waals surface area contributed by atoms with Crippen molar-refractivity contribution in [3.63, 3.8) is 0 Å². The number of benzene rings is 1. The van der Waals surface area contributed by atoms with E-state index in [0.29, 0.717) is 16.7 Å². The zero-order valence-electron chi connectivity index (χ0n) is 16.1. The van der Waals surface area contributed by atoms with Gasteiger partial charge in [-0.2, -0.15) is 0 Å². The summed E-state index contributed by atoms with van der Waals surface area (Å²) in [5.74, 6) is 0. The molecule has 0 aromatic heterocycles. The highest BCUT2D eigenvalue weighted by atomic mass is 35.5. The topological polar surface area (TPSA) is 24.8 Å². The van der Waals surface area contributed by atoms with Crippen LogP contribution in [0.5, 0.6) is 0 Å². The molecule has 0 spiro atoms. The molecule has 0 bridgehead atoms. The molecule has 1 aliphatic carbocycles. The lowest BCUT2D eigenvalue weighted by molar-refractivity contribution is 0.133. The average Bonchev–Trinajstić information content (AvgIpc) is 2.54. The van der Waals surface area contributed by atoms with E-state index in [1.165, 1.54) is 0 Å². The van der Waals surface area contributed by atoms with E-state index in [9.17, 15) is 0 Å². The summed E-state index contributed by atoms with van der Waals surface area (Å²) in [7, 11) is 4.11. The van der Waals surface area contributed by atoms with E-state index >= 15 is 0 Å². The predicted octanol–water partition coefficient (Wildman–Crippen LogP) is 6.08. The molecule has 5 heteroatoms. The molecule has 0 unspecified atom stereocenters. The SMILES string of the molecule is C=C(C1=C/C(=N/OCCCN(C)C)CC(C)(C)C1)c1ccc(Cl)c(Cl)c1. The number of halogens is 2. The largest absolute Gasteiger partial charge is 0.396 e. The molecule has 0 fully saturated rings. The van der Waals surface area contributed by atoms with Crippen molar-refractivity contribution < 1.29 is 4.84 Å². The summed E-state index contributed by atoms with van der Waals surface area (Å²) in [5, 5.41) is 5.46. The third-order valence-electron chi connectivity index (χ3n) is 4.35. The van der Waals surface area contributed by atoms with E-state index in [1.54, 1.807) is 0 Å². The van der Waals surface area contributed by atoms with Gasteiger partial charge < -0.3 is 9.74 Å². The highest BCUT2D eigenvalue weighted by molar-refractivity contribution is 6.42. The first-order valence-corrected chi connectivity index (χ1v) is 9.62. The first-order chi connectivity index (χ1) is 12.2. The van der Waals surface area contributed by atoms with Crippen molar-refractivity contribution in [2.24, 2.45) is 10.6 Å². The zero-order chi connectivity index (χ0) is 19.3. The quantitative estimate of drug-likeness (QED) is 0.413. The number of oxime groups is 1. The normalized spacial score (nSPS) is 18.1. The fourth-order valence-electron chi connectivity index (χ4n) is 3.07. The smallest absolute Gasteiger partial charge is 0.118 e. The number of rotatable bonds is 7. The van der Waals surface area contributed by atoms with Crippen LogP contribution in [0.15, 0.2) is 41.6 Å². The first kappa shape index (κ1) is 21.0. The summed E-state index contributed by atoms with van der Waals surface area (Å²) in [6.07, 6.45) is 4.88. The lowest BCUT2D eigenvalue weighted by Crippen LogP contribution is -2.22. The molecule has 26 heavy (non-hydrogen) atoms. The van der Waals surface area contributed by atoms with Gasteiger partial charge >= 0.3 is 0 Å². The molecule has 1 aromatic carbocycles. The molecule has 1 aromatic rings. The van der Waals surface area contributed by atoms with Crippen molar-refractivity contribution in [3.8, 4) is 0 Å². The second kappa shape index (κ2) is 9.07. The van der Waals surface area contributed by atoms with Crippen LogP contribution in [0.1, 0.15) is 38.7 Å². The van der Waals surface area contributed by atoms with Gasteiger partial charge in [-0.3, -0.25) is 0 Å². The van der Waals surface area contributed by atoms with Crippen LogP contribution in [-0.4, -0.2) is 37.9 Å². The lowest BCUT2D eigenvalue weighted by Gasteiger charge is -2.31. The van der Waals surface area contributed by atoms with E-state index in [2.05, 4.69) is 50.7 Å². The maximum absolute atomic E-state index is 6.16. The van der Waals surface area contributed by atoms with Crippen molar-refractivity contribution in [1.29, 1.82) is 0 Å². The minimum absolute atomic E-state index is 0.106. The standard InChI is InChI=1S/C21H28Cl2N2O/c1-15(16-7-8-19(22)20(23)12-16)17-11-18(14-21(2,3)13-17)24-26-10-6-9-25(4)5/h7-8,11-12H,1,6,9-10,13-14H2,2-5H3/b24-18-. The molecule has 142 valence electrons. The van der Waals surface area contributed by atoms with Gasteiger partial charge in [-0.15, -0.1) is 0 Å². The van der Waals surface area contributed by atoms with E-state index in [0.717, 1.165) is 48.2 Å². The Kier molecular flexibility index (Phi) is 7.33. The Labute approximate surface area is 167 Å². The summed E-state index contributed by atoms with van der Waals surface area (Å²) in [6.45, 7) is 10.4. The van der Waals surface area contributed by atoms with Gasteiger partial charge in [0.2, 0.25) is 0 Å². The molecular weight excluding hydrogens is 367 g/mol. The second-order valence-corrected chi connectivity index (χ2v) is 8.68. The molecular formula is C21H28Cl2N2O. The van der Waals surface area contributed by atoms with Gasteiger partial charge in [-0.1, -0.05) is 54.9 Å². The fourth-order valence-corrected chi connectivity index (χ4v) is 3.37. The molecule has 0 aliphatic heterocycles. The van der Waals surface area contributed by atoms with Crippen molar-refractivity contribution in [3.05, 3.63) is 52.0 Å². The second-order valence-electron chi connectivity index (χ2n) is 7.87. The number of hydrogen-bond donors (Lipinski definition) is 0. The zero-order valence-corrected chi connectivity index (χ0v) is 17.6. The Bertz CT molecular complexity index is 721. The molecule has 0 radical (unpaired) electrons. The molecule has 0 saturated heterocycles. The molecule has 0 saturated carbocycles. The Hall–Kier alpha value is -1.29. The molecule has 0 N–H and O–H groups in total. The van der Waals surface area contributed by atoms with Crippen LogP contribution in [0.4, 0.5) is 0 Å². The minimum Gasteiger partial charge on any atom is -0.396 e. The summed E-state index contributed by atoms with van der Waals surface area (Å²) in [4.78, 5) is 7.67. The third kappa shape index (κ3) is 6.15. The van der Waals surface area contributed by atoms with Crippen LogP contribution in [0, 0.1) is 5.41 Å². The molecule has 0 heterocycles. The number of nitrogens with zero attached hydrogens (tertiary/aromatic N) is 2. The Morgan fingerprint density at radius 1 is 1.23 bits per heavy atom. The van der Waals surface area contributed by atoms with Gasteiger partial charge in [0.25, 0.3) is 0 Å². The Balaban J connectivity index is 2.13. The van der Waals surface area contributed by atoms with Gasteiger partial charge in [0, 0.05) is 6.54 Å². The summed E-state index contributed by atoms with van der Waals surface area (Å²) < 4.78 is 0.